The molecular weight excluding hydrogens is 625 g/mol. The zero-order valence-corrected chi connectivity index (χ0v) is 27.7. The minimum absolute atomic E-state index is 0.0343. The van der Waals surface area contributed by atoms with Gasteiger partial charge in [-0.1, -0.05) is 71.2 Å². The Labute approximate surface area is 280 Å². The third kappa shape index (κ3) is 5.81. The van der Waals surface area contributed by atoms with Crippen LogP contribution < -0.4 is 15.0 Å². The number of carbonyl (C=O) groups is 1. The lowest BCUT2D eigenvalue weighted by atomic mass is 9.82. The molecule has 3 heterocycles. The number of nitrogens with one attached hydrogen (secondary N) is 1. The predicted molar refractivity (Wildman–Crippen MR) is 186 cm³/mol. The second-order valence-corrected chi connectivity index (χ2v) is 13.8. The number of nitrogens with zero attached hydrogens (tertiary/aromatic N) is 2. The van der Waals surface area contributed by atoms with Crippen molar-refractivity contribution in [3.8, 4) is 16.9 Å². The molecule has 0 radical (unpaired) electrons. The van der Waals surface area contributed by atoms with Crippen molar-refractivity contribution in [1.82, 2.24) is 4.90 Å². The Hall–Kier alpha value is -3.22. The summed E-state index contributed by atoms with van der Waals surface area (Å²) < 4.78 is 5.36. The molecule has 45 heavy (non-hydrogen) atoms. The number of amides is 1. The topological polar surface area (TPSA) is 44.8 Å². The van der Waals surface area contributed by atoms with Gasteiger partial charge in [-0.05, 0) is 105 Å². The molecule has 2 saturated heterocycles. The van der Waals surface area contributed by atoms with Gasteiger partial charge in [0.2, 0.25) is 5.91 Å². The van der Waals surface area contributed by atoms with Gasteiger partial charge in [0.05, 0.1) is 28.5 Å². The maximum absolute atomic E-state index is 14.6. The zero-order valence-electron chi connectivity index (χ0n) is 25.4. The van der Waals surface area contributed by atoms with Crippen LogP contribution in [0.4, 0.5) is 17.1 Å². The average Bonchev–Trinajstić information content (AvgIpc) is 3.22. The van der Waals surface area contributed by atoms with E-state index in [0.717, 1.165) is 52.2 Å². The number of carbonyl (C=O) groups excluding carboxylic acids is 1. The van der Waals surface area contributed by atoms with Crippen molar-refractivity contribution in [2.24, 2.45) is 5.92 Å². The molecule has 8 heteroatoms. The number of halogens is 3. The zero-order chi connectivity index (χ0) is 31.2. The molecule has 0 aliphatic carbocycles. The van der Waals surface area contributed by atoms with E-state index in [-0.39, 0.29) is 11.8 Å². The Bertz CT molecular complexity index is 1710. The van der Waals surface area contributed by atoms with Gasteiger partial charge in [0, 0.05) is 40.3 Å². The van der Waals surface area contributed by atoms with E-state index in [1.807, 2.05) is 42.5 Å². The van der Waals surface area contributed by atoms with Gasteiger partial charge in [-0.3, -0.25) is 9.69 Å². The predicted octanol–water partition coefficient (Wildman–Crippen LogP) is 9.44. The molecule has 0 saturated carbocycles. The highest BCUT2D eigenvalue weighted by molar-refractivity contribution is 6.40. The Morgan fingerprint density at radius 2 is 1.51 bits per heavy atom. The summed E-state index contributed by atoms with van der Waals surface area (Å²) >= 11 is 20.5. The number of methoxy groups -OCH3 is 1. The van der Waals surface area contributed by atoms with Crippen LogP contribution in [-0.4, -0.2) is 43.1 Å². The monoisotopic (exact) mass is 659 g/mol. The van der Waals surface area contributed by atoms with Crippen LogP contribution >= 0.6 is 34.8 Å². The molecule has 3 aliphatic heterocycles. The Morgan fingerprint density at radius 3 is 2.18 bits per heavy atom. The number of fused-ring (bicyclic) bond motifs is 3. The summed E-state index contributed by atoms with van der Waals surface area (Å²) in [6, 6.07) is 27.1. The number of anilines is 3. The van der Waals surface area contributed by atoms with E-state index in [1.54, 1.807) is 30.2 Å². The van der Waals surface area contributed by atoms with Crippen molar-refractivity contribution in [2.75, 3.05) is 24.4 Å². The third-order valence-corrected chi connectivity index (χ3v) is 10.9. The molecule has 3 unspecified atom stereocenters. The maximum atomic E-state index is 14.6. The minimum Gasteiger partial charge on any atom is -0.497 e. The summed E-state index contributed by atoms with van der Waals surface area (Å²) in [5.41, 5.74) is 6.31. The van der Waals surface area contributed by atoms with Gasteiger partial charge >= 0.3 is 0 Å². The van der Waals surface area contributed by atoms with Crippen molar-refractivity contribution >= 4 is 57.8 Å². The van der Waals surface area contributed by atoms with Crippen LogP contribution in [0.5, 0.6) is 5.75 Å². The fourth-order valence-corrected chi connectivity index (χ4v) is 8.42. The number of hydrogen-bond acceptors (Lipinski definition) is 4. The Balaban J connectivity index is 1.37. The molecule has 5 nitrogen and oxygen atoms in total. The molecule has 4 aromatic carbocycles. The van der Waals surface area contributed by atoms with Crippen molar-refractivity contribution in [1.29, 1.82) is 0 Å². The smallest absolute Gasteiger partial charge is 0.235 e. The van der Waals surface area contributed by atoms with E-state index in [0.29, 0.717) is 51.7 Å². The average molecular weight is 661 g/mol. The summed E-state index contributed by atoms with van der Waals surface area (Å²) in [7, 11) is 3.91. The Kier molecular flexibility index (Phi) is 8.47. The van der Waals surface area contributed by atoms with Crippen LogP contribution in [0.15, 0.2) is 78.9 Å². The molecule has 2 bridgehead atoms. The molecule has 1 N–H and O–H groups in total. The molecule has 0 spiro atoms. The second kappa shape index (κ2) is 12.5. The lowest BCUT2D eigenvalue weighted by Gasteiger charge is -2.39. The van der Waals surface area contributed by atoms with Crippen LogP contribution in [0.3, 0.4) is 0 Å². The summed E-state index contributed by atoms with van der Waals surface area (Å²) in [5.74, 6) is 0.401. The largest absolute Gasteiger partial charge is 0.497 e. The van der Waals surface area contributed by atoms with Crippen LogP contribution in [0.25, 0.3) is 11.1 Å². The maximum Gasteiger partial charge on any atom is 0.235 e. The van der Waals surface area contributed by atoms with E-state index in [9.17, 15) is 4.79 Å². The standard InChI is InChI=1S/C37H36Cl3N3O2/c1-42-26-12-13-27(42)19-24(18-26)41-25-20-30(29-6-3-4-7-32(29)38)31-17-23(16-22-10-14-28(45-2)15-11-22)37(44)43(35(31)21-25)36-33(39)8-5-9-34(36)40/h3-11,14-15,20-21,23-24,26-27,41H,12-13,16-19H2,1-2H3. The van der Waals surface area contributed by atoms with Crippen LogP contribution in [0.2, 0.25) is 15.1 Å². The van der Waals surface area contributed by atoms with Gasteiger partial charge < -0.3 is 15.0 Å². The van der Waals surface area contributed by atoms with Gasteiger partial charge in [0.25, 0.3) is 0 Å². The van der Waals surface area contributed by atoms with E-state index >= 15 is 0 Å². The molecule has 4 aromatic rings. The first-order chi connectivity index (χ1) is 21.8. The summed E-state index contributed by atoms with van der Waals surface area (Å²) in [6.45, 7) is 0. The lowest BCUT2D eigenvalue weighted by Crippen LogP contribution is -2.44. The molecule has 1 amide bonds. The number of hydrogen-bond donors (Lipinski definition) is 1. The highest BCUT2D eigenvalue weighted by Gasteiger charge is 2.40. The van der Waals surface area contributed by atoms with Crippen molar-refractivity contribution in [2.45, 2.75) is 56.7 Å². The van der Waals surface area contributed by atoms with E-state index in [4.69, 9.17) is 39.5 Å². The van der Waals surface area contributed by atoms with Crippen molar-refractivity contribution in [3.05, 3.63) is 105 Å². The molecule has 7 rings (SSSR count). The molecule has 0 aromatic heterocycles. The highest BCUT2D eigenvalue weighted by Crippen LogP contribution is 2.49. The van der Waals surface area contributed by atoms with Gasteiger partial charge in [0.1, 0.15) is 5.75 Å². The first-order valence-corrected chi connectivity index (χ1v) is 16.7. The molecule has 3 aliphatic rings. The first kappa shape index (κ1) is 30.4. The van der Waals surface area contributed by atoms with Crippen LogP contribution in [0, 0.1) is 5.92 Å². The van der Waals surface area contributed by atoms with Gasteiger partial charge in [-0.25, -0.2) is 0 Å². The second-order valence-electron chi connectivity index (χ2n) is 12.6. The Morgan fingerprint density at radius 1 is 0.844 bits per heavy atom. The molecule has 232 valence electrons. The van der Waals surface area contributed by atoms with E-state index in [1.165, 1.54) is 12.8 Å². The van der Waals surface area contributed by atoms with E-state index in [2.05, 4.69) is 35.5 Å². The van der Waals surface area contributed by atoms with Gasteiger partial charge in [-0.15, -0.1) is 0 Å². The number of piperidine rings is 1. The fourth-order valence-electron chi connectivity index (χ4n) is 7.61. The number of ether oxygens (including phenoxy) is 1. The van der Waals surface area contributed by atoms with Gasteiger partial charge in [-0.2, -0.15) is 0 Å². The first-order valence-electron chi connectivity index (χ1n) is 15.6. The highest BCUT2D eigenvalue weighted by atomic mass is 35.5. The molecular formula is C37H36Cl3N3O2. The SMILES string of the molecule is COc1ccc(CC2Cc3c(-c4ccccc4Cl)cc(NC4CC5CCC(C4)N5C)cc3N(c3c(Cl)cccc3Cl)C2=O)cc1. The molecule has 2 fully saturated rings. The van der Waals surface area contributed by atoms with Gasteiger partial charge in [0.15, 0.2) is 0 Å². The van der Waals surface area contributed by atoms with Crippen molar-refractivity contribution in [3.63, 3.8) is 0 Å². The quantitative estimate of drug-likeness (QED) is 0.215. The number of benzene rings is 4. The van der Waals surface area contributed by atoms with E-state index < -0.39 is 0 Å². The number of para-hydroxylation sites is 1. The summed E-state index contributed by atoms with van der Waals surface area (Å²) in [4.78, 5) is 18.9. The third-order valence-electron chi connectivity index (χ3n) is 9.92. The van der Waals surface area contributed by atoms with Crippen molar-refractivity contribution < 1.29 is 9.53 Å². The minimum atomic E-state index is -0.345. The number of rotatable bonds is 7. The summed E-state index contributed by atoms with van der Waals surface area (Å²) in [5, 5.41) is 5.40. The lowest BCUT2D eigenvalue weighted by molar-refractivity contribution is -0.122. The fraction of sp³-hybridized carbons (Fsp3) is 0.324. The normalized spacial score (nSPS) is 22.8. The van der Waals surface area contributed by atoms with Crippen LogP contribution in [0.1, 0.15) is 36.8 Å². The van der Waals surface area contributed by atoms with Crippen LogP contribution in [-0.2, 0) is 17.6 Å². The molecule has 3 atom stereocenters. The summed E-state index contributed by atoms with van der Waals surface area (Å²) in [6.07, 6.45) is 5.79.